The number of nitrogens with zero attached hydrogens (tertiary/aromatic N) is 1. The Bertz CT molecular complexity index is 426. The third-order valence-electron chi connectivity index (χ3n) is 3.10. The summed E-state index contributed by atoms with van der Waals surface area (Å²) in [5.41, 5.74) is 0.121. The number of hydrogen-bond acceptors (Lipinski definition) is 2. The van der Waals surface area contributed by atoms with E-state index in [2.05, 4.69) is 5.32 Å². The molecule has 0 radical (unpaired) electrons. The minimum atomic E-state index is -4.43. The highest BCUT2D eigenvalue weighted by molar-refractivity contribution is 5.85. The second-order valence-electron chi connectivity index (χ2n) is 4.63. The maximum atomic E-state index is 13.1. The number of alkyl halides is 3. The molecule has 0 spiro atoms. The van der Waals surface area contributed by atoms with Crippen LogP contribution in [0.25, 0.3) is 0 Å². The van der Waals surface area contributed by atoms with Crippen molar-refractivity contribution in [3.63, 3.8) is 0 Å². The van der Waals surface area contributed by atoms with Crippen molar-refractivity contribution in [2.45, 2.75) is 18.5 Å². The summed E-state index contributed by atoms with van der Waals surface area (Å²) in [6.07, 6.45) is -4.99. The average Bonchev–Trinajstić information content (AvgIpc) is 2.41. The van der Waals surface area contributed by atoms with Crippen molar-refractivity contribution in [1.82, 2.24) is 10.2 Å². The Morgan fingerprint density at radius 3 is 2.33 bits per heavy atom. The Labute approximate surface area is 128 Å². The highest BCUT2D eigenvalue weighted by Gasteiger charge is 2.42. The monoisotopic (exact) mass is 324 g/mol. The number of likely N-dealkylation sites (N-methyl/N-ethyl adjacent to an activating group) is 2. The van der Waals surface area contributed by atoms with Gasteiger partial charge in [-0.25, -0.2) is 0 Å². The number of halogens is 4. The van der Waals surface area contributed by atoms with Crippen molar-refractivity contribution in [2.24, 2.45) is 0 Å². The molecule has 1 rings (SSSR count). The van der Waals surface area contributed by atoms with Crippen LogP contribution >= 0.6 is 12.4 Å². The van der Waals surface area contributed by atoms with Gasteiger partial charge in [-0.1, -0.05) is 30.3 Å². The van der Waals surface area contributed by atoms with Crippen LogP contribution in [-0.2, 0) is 4.79 Å². The van der Waals surface area contributed by atoms with Gasteiger partial charge in [0.15, 0.2) is 0 Å². The van der Waals surface area contributed by atoms with Crippen LogP contribution in [-0.4, -0.2) is 44.2 Å². The van der Waals surface area contributed by atoms with E-state index in [4.69, 9.17) is 0 Å². The molecule has 7 heteroatoms. The van der Waals surface area contributed by atoms with Crippen LogP contribution in [0.3, 0.4) is 0 Å². The van der Waals surface area contributed by atoms with Crippen molar-refractivity contribution in [1.29, 1.82) is 0 Å². The van der Waals surface area contributed by atoms with Crippen molar-refractivity contribution >= 4 is 18.3 Å². The predicted octanol–water partition coefficient (Wildman–Crippen LogP) is 2.82. The van der Waals surface area contributed by atoms with Gasteiger partial charge in [-0.3, -0.25) is 4.79 Å². The minimum Gasteiger partial charge on any atom is -0.344 e. The Hall–Kier alpha value is -1.27. The van der Waals surface area contributed by atoms with Crippen LogP contribution in [0.2, 0.25) is 0 Å². The van der Waals surface area contributed by atoms with Gasteiger partial charge in [0.1, 0.15) is 0 Å². The second kappa shape index (κ2) is 8.89. The molecule has 0 aliphatic rings. The molecule has 1 N–H and O–H groups in total. The van der Waals surface area contributed by atoms with E-state index in [9.17, 15) is 18.0 Å². The summed E-state index contributed by atoms with van der Waals surface area (Å²) in [6, 6.07) is 7.54. The first-order valence-corrected chi connectivity index (χ1v) is 6.36. The van der Waals surface area contributed by atoms with Gasteiger partial charge < -0.3 is 10.2 Å². The van der Waals surface area contributed by atoms with Crippen LogP contribution in [0.1, 0.15) is 17.9 Å². The summed E-state index contributed by atoms with van der Waals surface area (Å²) in [6.45, 7) is 0.930. The second-order valence-corrected chi connectivity index (χ2v) is 4.63. The first-order chi connectivity index (χ1) is 9.36. The normalized spacial score (nSPS) is 12.4. The van der Waals surface area contributed by atoms with Crippen molar-refractivity contribution < 1.29 is 18.0 Å². The Kier molecular flexibility index (Phi) is 8.36. The van der Waals surface area contributed by atoms with E-state index in [1.54, 1.807) is 25.2 Å². The summed E-state index contributed by atoms with van der Waals surface area (Å²) in [7, 11) is 3.24. The molecular weight excluding hydrogens is 305 g/mol. The minimum absolute atomic E-state index is 0. The van der Waals surface area contributed by atoms with E-state index in [0.717, 1.165) is 0 Å². The van der Waals surface area contributed by atoms with Crippen molar-refractivity contribution in [3.8, 4) is 0 Å². The lowest BCUT2D eigenvalue weighted by molar-refractivity contribution is -0.160. The molecular formula is C14H20ClF3N2O. The molecule has 0 aliphatic carbocycles. The Balaban J connectivity index is 0.00000400. The molecule has 1 aromatic carbocycles. The molecule has 120 valence electrons. The summed E-state index contributed by atoms with van der Waals surface area (Å²) >= 11 is 0. The van der Waals surface area contributed by atoms with Gasteiger partial charge in [-0.05, 0) is 12.6 Å². The number of hydrogen-bond donors (Lipinski definition) is 1. The van der Waals surface area contributed by atoms with Gasteiger partial charge in [0.25, 0.3) is 0 Å². The number of carbonyl (C=O) groups is 1. The number of rotatable bonds is 6. The Morgan fingerprint density at radius 1 is 1.29 bits per heavy atom. The largest absolute Gasteiger partial charge is 0.396 e. The molecule has 0 aromatic heterocycles. The van der Waals surface area contributed by atoms with Gasteiger partial charge in [0.2, 0.25) is 5.91 Å². The smallest absolute Gasteiger partial charge is 0.344 e. The molecule has 0 heterocycles. The zero-order valence-electron chi connectivity index (χ0n) is 12.0. The summed E-state index contributed by atoms with van der Waals surface area (Å²) < 4.78 is 39.3. The topological polar surface area (TPSA) is 32.3 Å². The number of benzene rings is 1. The molecule has 0 bridgehead atoms. The average molecular weight is 325 g/mol. The summed E-state index contributed by atoms with van der Waals surface area (Å²) in [5.74, 6) is -2.26. The van der Waals surface area contributed by atoms with E-state index in [1.165, 1.54) is 24.1 Å². The molecule has 1 unspecified atom stereocenters. The zero-order chi connectivity index (χ0) is 15.2. The van der Waals surface area contributed by atoms with Crippen LogP contribution < -0.4 is 5.32 Å². The quantitative estimate of drug-likeness (QED) is 0.872. The van der Waals surface area contributed by atoms with Crippen LogP contribution in [0.4, 0.5) is 13.2 Å². The zero-order valence-corrected chi connectivity index (χ0v) is 12.8. The van der Waals surface area contributed by atoms with Gasteiger partial charge in [0.05, 0.1) is 5.92 Å². The molecule has 0 saturated carbocycles. The van der Waals surface area contributed by atoms with Crippen LogP contribution in [0, 0.1) is 0 Å². The number of nitrogens with one attached hydrogen (secondary N) is 1. The molecule has 0 fully saturated rings. The maximum absolute atomic E-state index is 13.1. The standard InChI is InChI=1S/C14H19F3N2O.ClH/c1-18-8-9-19(2)13(20)10-12(14(15,16)17)11-6-4-3-5-7-11;/h3-7,12,18H,8-10H2,1-2H3;1H. The SMILES string of the molecule is CNCCN(C)C(=O)CC(c1ccccc1)C(F)(F)F.Cl. The molecule has 0 aliphatic heterocycles. The van der Waals surface area contributed by atoms with Gasteiger partial charge in [-0.2, -0.15) is 13.2 Å². The Morgan fingerprint density at radius 2 is 1.86 bits per heavy atom. The lowest BCUT2D eigenvalue weighted by Gasteiger charge is -2.23. The van der Waals surface area contributed by atoms with Crippen LogP contribution in [0.5, 0.6) is 0 Å². The third-order valence-corrected chi connectivity index (χ3v) is 3.10. The highest BCUT2D eigenvalue weighted by atomic mass is 35.5. The predicted molar refractivity (Wildman–Crippen MR) is 78.7 cm³/mol. The highest BCUT2D eigenvalue weighted by Crippen LogP contribution is 2.37. The number of carbonyl (C=O) groups excluding carboxylic acids is 1. The molecule has 1 atom stereocenters. The fraction of sp³-hybridized carbons (Fsp3) is 0.500. The van der Waals surface area contributed by atoms with Gasteiger partial charge in [-0.15, -0.1) is 12.4 Å². The van der Waals surface area contributed by atoms with Crippen LogP contribution in [0.15, 0.2) is 30.3 Å². The van der Waals surface area contributed by atoms with E-state index in [-0.39, 0.29) is 18.0 Å². The molecule has 21 heavy (non-hydrogen) atoms. The fourth-order valence-electron chi connectivity index (χ4n) is 1.84. The maximum Gasteiger partial charge on any atom is 0.396 e. The molecule has 1 aromatic rings. The molecule has 1 amide bonds. The van der Waals surface area contributed by atoms with Crippen molar-refractivity contribution in [3.05, 3.63) is 35.9 Å². The first kappa shape index (κ1) is 19.7. The summed E-state index contributed by atoms with van der Waals surface area (Å²) in [5, 5.41) is 2.85. The van der Waals surface area contributed by atoms with E-state index < -0.39 is 24.4 Å². The lowest BCUT2D eigenvalue weighted by atomic mass is 9.94. The number of amides is 1. The third kappa shape index (κ3) is 6.35. The van der Waals surface area contributed by atoms with E-state index >= 15 is 0 Å². The van der Waals surface area contributed by atoms with Crippen molar-refractivity contribution in [2.75, 3.05) is 27.2 Å². The van der Waals surface area contributed by atoms with E-state index in [1.807, 2.05) is 0 Å². The van der Waals surface area contributed by atoms with Gasteiger partial charge in [0, 0.05) is 26.6 Å². The molecule has 3 nitrogen and oxygen atoms in total. The van der Waals surface area contributed by atoms with E-state index in [0.29, 0.717) is 13.1 Å². The van der Waals surface area contributed by atoms with Gasteiger partial charge >= 0.3 is 6.18 Å². The summed E-state index contributed by atoms with van der Waals surface area (Å²) in [4.78, 5) is 13.2. The first-order valence-electron chi connectivity index (χ1n) is 6.36. The molecule has 0 saturated heterocycles. The lowest BCUT2D eigenvalue weighted by Crippen LogP contribution is -2.35. The fourth-order valence-corrected chi connectivity index (χ4v) is 1.84.